The van der Waals surface area contributed by atoms with Gasteiger partial charge in [-0.05, 0) is 38.5 Å². The van der Waals surface area contributed by atoms with Crippen LogP contribution < -0.4 is 0 Å². The Morgan fingerprint density at radius 1 is 0.192 bits per heavy atom. The molecule has 0 aromatic rings. The summed E-state index contributed by atoms with van der Waals surface area (Å²) in [7, 11) is 0. The van der Waals surface area contributed by atoms with Crippen LogP contribution in [-0.4, -0.2) is 53.2 Å². The second kappa shape index (κ2) is 63.1. The smallest absolute Gasteiger partial charge is 0.159 e. The lowest BCUT2D eigenvalue weighted by Gasteiger charge is -2.19. The minimum absolute atomic E-state index is 0.130. The van der Waals surface area contributed by atoms with E-state index in [0.29, 0.717) is 26.4 Å². The fourth-order valence-corrected chi connectivity index (χ4v) is 9.62. The van der Waals surface area contributed by atoms with Crippen molar-refractivity contribution >= 4 is 0 Å². The van der Waals surface area contributed by atoms with Gasteiger partial charge in [0, 0.05) is 12.8 Å². The molecule has 0 spiro atoms. The fourth-order valence-electron chi connectivity index (χ4n) is 9.62. The second-order valence-corrected chi connectivity index (χ2v) is 21.9. The Balaban J connectivity index is 5.82. The van der Waals surface area contributed by atoms with Crippen LogP contribution in [0.25, 0.3) is 0 Å². The predicted molar refractivity (Wildman–Crippen MR) is 316 cm³/mol. The molecule has 0 heterocycles. The topological polar surface area (TPSA) is 64.6 Å². The van der Waals surface area contributed by atoms with Crippen molar-refractivity contribution in [1.29, 1.82) is 0 Å². The maximum absolute atomic E-state index is 6.65. The van der Waals surface area contributed by atoms with Crippen molar-refractivity contribution in [2.24, 2.45) is 0 Å². The van der Waals surface area contributed by atoms with Crippen LogP contribution in [0.1, 0.15) is 350 Å². The zero-order valence-corrected chi connectivity index (χ0v) is 50.5. The lowest BCUT2D eigenvalue weighted by atomic mass is 10.1. The van der Waals surface area contributed by atoms with E-state index in [4.69, 9.17) is 33.2 Å². The Morgan fingerprint density at radius 2 is 0.384 bits per heavy atom. The molecule has 0 aromatic carbocycles. The van der Waals surface area contributed by atoms with Gasteiger partial charge in [0.25, 0.3) is 0 Å². The molecule has 436 valence electrons. The first-order valence-electron chi connectivity index (χ1n) is 32.9. The Kier molecular flexibility index (Phi) is 61.9. The molecule has 0 aliphatic carbocycles. The normalized spacial score (nSPS) is 12.4. The lowest BCUT2D eigenvalue weighted by molar-refractivity contribution is -0.132. The molecule has 0 saturated heterocycles. The van der Waals surface area contributed by atoms with Gasteiger partial charge in [-0.1, -0.05) is 298 Å². The van der Waals surface area contributed by atoms with Crippen molar-refractivity contribution in [1.82, 2.24) is 0 Å². The summed E-state index contributed by atoms with van der Waals surface area (Å²) in [5.41, 5.74) is 0. The standard InChI is InChI=1S/C66H130O7/c1-7-13-19-25-31-37-43-49-55-70-63(53-47-41-35-29-23-17-11-5)65(72-57-51-45-39-33-27-21-15-9-3)59-67-61-69-62-68-60-66(73-58-52-46-40-34-28-22-16-10-4)64(54-48-42-36-30-24-18-12-6)71-56-50-44-38-32-26-20-14-8-2/h7-62H2,1-6H3. The molecule has 0 rings (SSSR count). The zero-order valence-electron chi connectivity index (χ0n) is 50.5. The minimum Gasteiger partial charge on any atom is -0.494 e. The molecule has 73 heavy (non-hydrogen) atoms. The molecule has 0 fully saturated rings. The summed E-state index contributed by atoms with van der Waals surface area (Å²) >= 11 is 0. The van der Waals surface area contributed by atoms with Crippen molar-refractivity contribution in [3.8, 4) is 0 Å². The van der Waals surface area contributed by atoms with Crippen LogP contribution in [0.4, 0.5) is 0 Å². The molecule has 0 aliphatic heterocycles. The maximum atomic E-state index is 6.65. The van der Waals surface area contributed by atoms with Crippen LogP contribution in [0.2, 0.25) is 0 Å². The fraction of sp³-hybridized carbons (Fsp3) is 0.939. The SMILES string of the molecule is CCCCCCCCCCOC(CCCCCCCCC)=C(COCOCOCC(OCCCCCCCCCC)=C(CCCCCCCCC)OCCCCCCCCCC)OCCCCCCCCCC. The predicted octanol–water partition coefficient (Wildman–Crippen LogP) is 22.3. The van der Waals surface area contributed by atoms with Crippen molar-refractivity contribution in [2.45, 2.75) is 350 Å². The van der Waals surface area contributed by atoms with Gasteiger partial charge < -0.3 is 33.2 Å². The van der Waals surface area contributed by atoms with Crippen LogP contribution in [0.3, 0.4) is 0 Å². The summed E-state index contributed by atoms with van der Waals surface area (Å²) in [6, 6.07) is 0. The summed E-state index contributed by atoms with van der Waals surface area (Å²) in [5, 5.41) is 0. The largest absolute Gasteiger partial charge is 0.494 e. The average Bonchev–Trinajstić information content (AvgIpc) is 3.40. The van der Waals surface area contributed by atoms with Gasteiger partial charge >= 0.3 is 0 Å². The molecule has 0 N–H and O–H groups in total. The van der Waals surface area contributed by atoms with Gasteiger partial charge in [0.05, 0.1) is 26.4 Å². The summed E-state index contributed by atoms with van der Waals surface area (Å²) in [6.07, 6.45) is 60.8. The van der Waals surface area contributed by atoms with E-state index >= 15 is 0 Å². The van der Waals surface area contributed by atoms with E-state index in [-0.39, 0.29) is 13.6 Å². The molecular weight excluding hydrogens is 905 g/mol. The van der Waals surface area contributed by atoms with E-state index in [9.17, 15) is 0 Å². The highest BCUT2D eigenvalue weighted by atomic mass is 16.7. The molecule has 0 unspecified atom stereocenters. The van der Waals surface area contributed by atoms with E-state index < -0.39 is 0 Å². The summed E-state index contributed by atoms with van der Waals surface area (Å²) in [6.45, 7) is 17.6. The number of allylic oxidation sites excluding steroid dienone is 2. The molecule has 0 saturated carbocycles. The highest BCUT2D eigenvalue weighted by Crippen LogP contribution is 2.23. The third kappa shape index (κ3) is 53.7. The third-order valence-corrected chi connectivity index (χ3v) is 14.5. The van der Waals surface area contributed by atoms with Crippen LogP contribution in [-0.2, 0) is 33.2 Å². The van der Waals surface area contributed by atoms with E-state index in [0.717, 1.165) is 87.6 Å². The first kappa shape index (κ1) is 71.6. The number of hydrogen-bond acceptors (Lipinski definition) is 7. The molecule has 0 aromatic heterocycles. The number of ether oxygens (including phenoxy) is 7. The number of rotatable bonds is 64. The van der Waals surface area contributed by atoms with E-state index in [2.05, 4.69) is 41.5 Å². The Hall–Kier alpha value is -1.44. The molecule has 7 heteroatoms. The molecule has 0 amide bonds. The van der Waals surface area contributed by atoms with Gasteiger partial charge in [-0.25, -0.2) is 0 Å². The summed E-state index contributed by atoms with van der Waals surface area (Å²) in [5.74, 6) is 3.72. The van der Waals surface area contributed by atoms with Crippen molar-refractivity contribution in [2.75, 3.05) is 53.2 Å². The minimum atomic E-state index is 0.130. The quantitative estimate of drug-likeness (QED) is 0.0342. The van der Waals surface area contributed by atoms with Gasteiger partial charge in [-0.2, -0.15) is 0 Å². The molecule has 0 bridgehead atoms. The molecule has 0 atom stereocenters. The first-order chi connectivity index (χ1) is 36.2. The second-order valence-electron chi connectivity index (χ2n) is 21.9. The molecular formula is C66H130O7. The van der Waals surface area contributed by atoms with Gasteiger partial charge in [0.2, 0.25) is 0 Å². The molecule has 0 radical (unpaired) electrons. The number of unbranched alkanes of at least 4 members (excludes halogenated alkanes) is 40. The van der Waals surface area contributed by atoms with E-state index in [1.54, 1.807) is 0 Å². The number of hydrogen-bond donors (Lipinski definition) is 0. The van der Waals surface area contributed by atoms with Crippen LogP contribution >= 0.6 is 0 Å². The van der Waals surface area contributed by atoms with Gasteiger partial charge in [-0.3, -0.25) is 0 Å². The first-order valence-corrected chi connectivity index (χ1v) is 32.9. The Labute approximate surface area is 457 Å². The lowest BCUT2D eigenvalue weighted by Crippen LogP contribution is -2.14. The van der Waals surface area contributed by atoms with Crippen LogP contribution in [0.5, 0.6) is 0 Å². The summed E-state index contributed by atoms with van der Waals surface area (Å²) in [4.78, 5) is 0. The van der Waals surface area contributed by atoms with Crippen molar-refractivity contribution < 1.29 is 33.2 Å². The average molecular weight is 1040 g/mol. The molecule has 7 nitrogen and oxygen atoms in total. The molecule has 0 aliphatic rings. The van der Waals surface area contributed by atoms with Gasteiger partial charge in [0.15, 0.2) is 11.5 Å². The highest BCUT2D eigenvalue weighted by molar-refractivity contribution is 5.03. The van der Waals surface area contributed by atoms with Crippen molar-refractivity contribution in [3.63, 3.8) is 0 Å². The van der Waals surface area contributed by atoms with E-state index in [1.165, 1.54) is 257 Å². The third-order valence-electron chi connectivity index (χ3n) is 14.5. The van der Waals surface area contributed by atoms with Gasteiger partial charge in [-0.15, -0.1) is 0 Å². The highest BCUT2D eigenvalue weighted by Gasteiger charge is 2.15. The van der Waals surface area contributed by atoms with Crippen LogP contribution in [0.15, 0.2) is 23.0 Å². The van der Waals surface area contributed by atoms with Crippen molar-refractivity contribution in [3.05, 3.63) is 23.0 Å². The summed E-state index contributed by atoms with van der Waals surface area (Å²) < 4.78 is 45.0. The Morgan fingerprint density at radius 3 is 0.616 bits per heavy atom. The van der Waals surface area contributed by atoms with E-state index in [1.807, 2.05) is 0 Å². The monoisotopic (exact) mass is 1030 g/mol. The zero-order chi connectivity index (χ0) is 52.9. The maximum Gasteiger partial charge on any atom is 0.159 e. The van der Waals surface area contributed by atoms with Crippen LogP contribution in [0, 0.1) is 0 Å². The van der Waals surface area contributed by atoms with Gasteiger partial charge in [0.1, 0.15) is 38.3 Å². The Bertz CT molecular complexity index is 1020.